The molecule has 13 heteroatoms. The molecule has 0 unspecified atom stereocenters. The van der Waals surface area contributed by atoms with Gasteiger partial charge in [-0.3, -0.25) is 14.7 Å². The van der Waals surface area contributed by atoms with E-state index in [0.29, 0.717) is 11.8 Å². The summed E-state index contributed by atoms with van der Waals surface area (Å²) in [4.78, 5) is 27.8. The molecule has 0 aromatic heterocycles. The van der Waals surface area contributed by atoms with Crippen molar-refractivity contribution in [1.29, 1.82) is 0 Å². The van der Waals surface area contributed by atoms with Crippen LogP contribution in [0.5, 0.6) is 17.2 Å². The minimum absolute atomic E-state index is 0.0129. The Labute approximate surface area is 156 Å². The fourth-order valence-electron chi connectivity index (χ4n) is 2.13. The zero-order valence-electron chi connectivity index (χ0n) is 14.1. The summed E-state index contributed by atoms with van der Waals surface area (Å²) in [6, 6.07) is 6.41. The normalized spacial score (nSPS) is 11.8. The maximum absolute atomic E-state index is 13.4. The van der Waals surface area contributed by atoms with Gasteiger partial charge in [0.15, 0.2) is 0 Å². The summed E-state index contributed by atoms with van der Waals surface area (Å²) >= 11 is 0. The molecule has 0 aliphatic heterocycles. The topological polar surface area (TPSA) is 131 Å². The largest absolute Gasteiger partial charge is 0.497 e. The molecule has 0 spiro atoms. The molecule has 152 valence electrons. The van der Waals surface area contributed by atoms with E-state index in [1.807, 2.05) is 0 Å². The second kappa shape index (κ2) is 8.05. The first kappa shape index (κ1) is 21.5. The van der Waals surface area contributed by atoms with Crippen molar-refractivity contribution in [2.45, 2.75) is 6.18 Å². The van der Waals surface area contributed by atoms with E-state index in [2.05, 4.69) is 5.32 Å². The molecular formula is C15H14F3N2O7P. The molecule has 0 saturated heterocycles. The second-order valence-electron chi connectivity index (χ2n) is 5.40. The molecule has 0 amide bonds. The Balaban J connectivity index is 2.53. The van der Waals surface area contributed by atoms with E-state index in [0.717, 1.165) is 0 Å². The first-order chi connectivity index (χ1) is 12.9. The second-order valence-corrected chi connectivity index (χ2v) is 7.04. The van der Waals surface area contributed by atoms with Gasteiger partial charge < -0.3 is 24.6 Å². The third-order valence-electron chi connectivity index (χ3n) is 3.36. The Morgan fingerprint density at radius 2 is 1.75 bits per heavy atom. The Morgan fingerprint density at radius 1 is 1.18 bits per heavy atom. The fraction of sp³-hybridized carbons (Fsp3) is 0.200. The molecule has 0 radical (unpaired) electrons. The number of benzene rings is 2. The van der Waals surface area contributed by atoms with Crippen molar-refractivity contribution >= 4 is 19.0 Å². The molecule has 3 N–H and O–H groups in total. The van der Waals surface area contributed by atoms with Gasteiger partial charge in [-0.05, 0) is 24.3 Å². The minimum Gasteiger partial charge on any atom is -0.497 e. The van der Waals surface area contributed by atoms with Gasteiger partial charge >= 0.3 is 13.8 Å². The van der Waals surface area contributed by atoms with E-state index < -0.39 is 47.7 Å². The number of rotatable bonds is 7. The van der Waals surface area contributed by atoms with E-state index in [-0.39, 0.29) is 11.8 Å². The lowest BCUT2D eigenvalue weighted by atomic mass is 10.1. The molecule has 0 bridgehead atoms. The molecular weight excluding hydrogens is 408 g/mol. The molecule has 0 aliphatic carbocycles. The number of anilines is 1. The van der Waals surface area contributed by atoms with Crippen molar-refractivity contribution in [3.05, 3.63) is 52.1 Å². The van der Waals surface area contributed by atoms with Crippen LogP contribution >= 0.6 is 7.60 Å². The van der Waals surface area contributed by atoms with Gasteiger partial charge in [0, 0.05) is 12.1 Å². The number of hydrogen-bond donors (Lipinski definition) is 3. The number of hydrogen-bond acceptors (Lipinski definition) is 6. The SMILES string of the molecule is COc1ccc(Oc2cc(NCP(=O)(O)O)c([N+](=O)[O-])cc2C(F)(F)F)cc1. The lowest BCUT2D eigenvalue weighted by molar-refractivity contribution is -0.384. The van der Waals surface area contributed by atoms with Crippen molar-refractivity contribution in [1.82, 2.24) is 0 Å². The lowest BCUT2D eigenvalue weighted by Gasteiger charge is -2.16. The van der Waals surface area contributed by atoms with Gasteiger partial charge in [-0.1, -0.05) is 0 Å². The van der Waals surface area contributed by atoms with E-state index in [4.69, 9.17) is 19.3 Å². The zero-order chi connectivity index (χ0) is 21.1. The molecule has 0 atom stereocenters. The van der Waals surface area contributed by atoms with E-state index in [9.17, 15) is 27.9 Å². The standard InChI is InChI=1S/C15H14F3N2O7P/c1-26-9-2-4-10(5-3-9)27-14-7-12(19-8-28(23,24)25)13(20(21)22)6-11(14)15(16,17)18/h2-7,19H,8H2,1H3,(H2,23,24,25). The smallest absolute Gasteiger partial charge is 0.420 e. The van der Waals surface area contributed by atoms with Crippen LogP contribution in [0.15, 0.2) is 36.4 Å². The van der Waals surface area contributed by atoms with E-state index in [1.54, 1.807) is 0 Å². The summed E-state index contributed by atoms with van der Waals surface area (Å²) in [6.07, 6.45) is -5.99. The third-order valence-corrected chi connectivity index (χ3v) is 3.93. The summed E-state index contributed by atoms with van der Waals surface area (Å²) in [5, 5.41) is 13.2. The van der Waals surface area contributed by atoms with E-state index >= 15 is 0 Å². The molecule has 2 aromatic rings. The fourth-order valence-corrected chi connectivity index (χ4v) is 2.50. The lowest BCUT2D eigenvalue weighted by Crippen LogP contribution is -2.11. The Bertz CT molecular complexity index is 913. The van der Waals surface area contributed by atoms with Crippen LogP contribution in [0, 0.1) is 10.1 Å². The number of nitrogens with zero attached hydrogens (tertiary/aromatic N) is 1. The number of halogens is 3. The van der Waals surface area contributed by atoms with Crippen LogP contribution in [0.1, 0.15) is 5.56 Å². The summed E-state index contributed by atoms with van der Waals surface area (Å²) in [5.74, 6) is -0.367. The molecule has 0 aliphatic rings. The molecule has 0 saturated carbocycles. The Morgan fingerprint density at radius 3 is 2.21 bits per heavy atom. The molecule has 28 heavy (non-hydrogen) atoms. The van der Waals surface area contributed by atoms with Gasteiger partial charge in [0.05, 0.1) is 12.0 Å². The van der Waals surface area contributed by atoms with Crippen LogP contribution in [0.3, 0.4) is 0 Å². The van der Waals surface area contributed by atoms with Crippen LogP contribution in [-0.2, 0) is 10.7 Å². The van der Waals surface area contributed by atoms with Crippen LogP contribution in [0.4, 0.5) is 24.5 Å². The number of nitro groups is 1. The highest BCUT2D eigenvalue weighted by Crippen LogP contribution is 2.44. The van der Waals surface area contributed by atoms with Crippen molar-refractivity contribution in [2.75, 3.05) is 18.7 Å². The zero-order valence-corrected chi connectivity index (χ0v) is 15.0. The maximum atomic E-state index is 13.4. The molecule has 2 rings (SSSR count). The van der Waals surface area contributed by atoms with Gasteiger partial charge in [0.1, 0.15) is 34.8 Å². The van der Waals surface area contributed by atoms with Gasteiger partial charge in [-0.2, -0.15) is 13.2 Å². The summed E-state index contributed by atoms with van der Waals surface area (Å²) in [5.41, 5.74) is -2.97. The molecule has 0 heterocycles. The minimum atomic E-state index is -4.98. The highest BCUT2D eigenvalue weighted by molar-refractivity contribution is 7.51. The van der Waals surface area contributed by atoms with Crippen LogP contribution in [0.2, 0.25) is 0 Å². The van der Waals surface area contributed by atoms with Crippen molar-refractivity contribution < 1.29 is 41.9 Å². The Kier molecular flexibility index (Phi) is 6.17. The summed E-state index contributed by atoms with van der Waals surface area (Å²) in [7, 11) is -3.23. The van der Waals surface area contributed by atoms with Crippen molar-refractivity contribution in [3.63, 3.8) is 0 Å². The maximum Gasteiger partial charge on any atom is 0.420 e. The first-order valence-corrected chi connectivity index (χ1v) is 9.20. The average molecular weight is 422 g/mol. The number of methoxy groups -OCH3 is 1. The number of nitrogens with one attached hydrogen (secondary N) is 1. The number of nitro benzene ring substituents is 1. The molecule has 0 fully saturated rings. The third kappa shape index (κ3) is 5.59. The Hall–Kier alpha value is -2.82. The predicted molar refractivity (Wildman–Crippen MR) is 91.7 cm³/mol. The monoisotopic (exact) mass is 422 g/mol. The van der Waals surface area contributed by atoms with Crippen LogP contribution < -0.4 is 14.8 Å². The van der Waals surface area contributed by atoms with Crippen molar-refractivity contribution in [3.8, 4) is 17.2 Å². The number of ether oxygens (including phenoxy) is 2. The average Bonchev–Trinajstić information content (AvgIpc) is 2.58. The summed E-state index contributed by atoms with van der Waals surface area (Å²) in [6.45, 7) is 0. The summed E-state index contributed by atoms with van der Waals surface area (Å²) < 4.78 is 61.2. The first-order valence-electron chi connectivity index (χ1n) is 7.40. The highest BCUT2D eigenvalue weighted by Gasteiger charge is 2.38. The number of alkyl halides is 3. The molecule has 2 aromatic carbocycles. The predicted octanol–water partition coefficient (Wildman–Crippen LogP) is 3.96. The van der Waals surface area contributed by atoms with Crippen LogP contribution in [-0.4, -0.2) is 28.1 Å². The quantitative estimate of drug-likeness (QED) is 0.347. The van der Waals surface area contributed by atoms with Gasteiger partial charge in [-0.15, -0.1) is 0 Å². The molecule has 9 nitrogen and oxygen atoms in total. The van der Waals surface area contributed by atoms with E-state index in [1.165, 1.54) is 31.4 Å². The van der Waals surface area contributed by atoms with Crippen molar-refractivity contribution in [2.24, 2.45) is 0 Å². The van der Waals surface area contributed by atoms with Gasteiger partial charge in [0.25, 0.3) is 5.69 Å². The van der Waals surface area contributed by atoms with Gasteiger partial charge in [-0.25, -0.2) is 0 Å². The van der Waals surface area contributed by atoms with Crippen LogP contribution in [0.25, 0.3) is 0 Å². The van der Waals surface area contributed by atoms with Gasteiger partial charge in [0.2, 0.25) is 0 Å². The highest BCUT2D eigenvalue weighted by atomic mass is 31.2.